The van der Waals surface area contributed by atoms with Crippen molar-refractivity contribution in [2.75, 3.05) is 0 Å². The number of fused-ring (bicyclic) bond motifs is 3. The van der Waals surface area contributed by atoms with Crippen LogP contribution in [0.1, 0.15) is 37.0 Å². The fourth-order valence-electron chi connectivity index (χ4n) is 2.89. The number of halogens is 2. The average Bonchev–Trinajstić information content (AvgIpc) is 3.15. The first-order valence-electron chi connectivity index (χ1n) is 7.57. The van der Waals surface area contributed by atoms with Crippen molar-refractivity contribution in [3.63, 3.8) is 0 Å². The molecule has 2 aliphatic carbocycles. The second-order valence-corrected chi connectivity index (χ2v) is 5.50. The summed E-state index contributed by atoms with van der Waals surface area (Å²) in [7, 11) is 0. The standard InChI is InChI=1S/C18H13.C3H7.2ClH.Zr/c1-2-6-13(5-1)14-9-10-18-16(11-14)12-15-7-3-4-8-17(15)18;1-3-2;;;/h1-5,7-10H,6,12H2;3H,1-2H3;2*1H;/q2*-1;;;+4/p-2. The van der Waals surface area contributed by atoms with Gasteiger partial charge in [0.25, 0.3) is 0 Å². The van der Waals surface area contributed by atoms with Gasteiger partial charge in [-0.1, -0.05) is 47.5 Å². The van der Waals surface area contributed by atoms with Crippen LogP contribution in [0.15, 0.2) is 54.6 Å². The first-order chi connectivity index (χ1) is 10.3. The smallest absolute Gasteiger partial charge is 1.00 e. The molecule has 0 atom stereocenters. The molecular formula is C21H20Cl2Zr. The van der Waals surface area contributed by atoms with Crippen molar-refractivity contribution in [3.05, 3.63) is 83.8 Å². The molecule has 0 aromatic heterocycles. The second-order valence-electron chi connectivity index (χ2n) is 5.50. The molecule has 0 nitrogen and oxygen atoms in total. The summed E-state index contributed by atoms with van der Waals surface area (Å²) in [5.41, 5.74) is 8.16. The van der Waals surface area contributed by atoms with E-state index in [2.05, 4.69) is 60.7 Å². The third-order valence-corrected chi connectivity index (χ3v) is 3.82. The van der Waals surface area contributed by atoms with E-state index in [1.54, 1.807) is 0 Å². The van der Waals surface area contributed by atoms with Crippen molar-refractivity contribution in [1.29, 1.82) is 0 Å². The van der Waals surface area contributed by atoms with Crippen LogP contribution in [0.4, 0.5) is 0 Å². The SMILES string of the molecule is C[CH-]C.[Cl-].[Cl-].[Zr+4].[c-]1c(C2=CC=CC2)ccc2c1Cc1ccccc1-2. The van der Waals surface area contributed by atoms with E-state index < -0.39 is 0 Å². The van der Waals surface area contributed by atoms with Crippen LogP contribution in [0.3, 0.4) is 0 Å². The van der Waals surface area contributed by atoms with E-state index in [1.165, 1.54) is 33.4 Å². The summed E-state index contributed by atoms with van der Waals surface area (Å²) < 4.78 is 0. The molecular weight excluding hydrogens is 414 g/mol. The van der Waals surface area contributed by atoms with Crippen LogP contribution in [-0.2, 0) is 32.6 Å². The molecule has 0 unspecified atom stereocenters. The van der Waals surface area contributed by atoms with Crippen molar-refractivity contribution in [3.8, 4) is 11.1 Å². The molecule has 2 aromatic carbocycles. The summed E-state index contributed by atoms with van der Waals surface area (Å²) in [6.45, 7) is 4.00. The molecule has 0 bridgehead atoms. The molecule has 3 heteroatoms. The summed E-state index contributed by atoms with van der Waals surface area (Å²) in [6, 6.07) is 16.7. The van der Waals surface area contributed by atoms with Gasteiger partial charge in [-0.3, -0.25) is 0 Å². The fraction of sp³-hybridized carbons (Fsp3) is 0.190. The van der Waals surface area contributed by atoms with Crippen LogP contribution in [0.5, 0.6) is 0 Å². The molecule has 24 heavy (non-hydrogen) atoms. The first-order valence-corrected chi connectivity index (χ1v) is 7.57. The summed E-state index contributed by atoms with van der Waals surface area (Å²) in [4.78, 5) is 0. The number of rotatable bonds is 1. The van der Waals surface area contributed by atoms with Gasteiger partial charge in [-0.25, -0.2) is 0 Å². The third kappa shape index (κ3) is 4.95. The predicted molar refractivity (Wildman–Crippen MR) is 90.9 cm³/mol. The summed E-state index contributed by atoms with van der Waals surface area (Å²) >= 11 is 0. The van der Waals surface area contributed by atoms with Crippen molar-refractivity contribution in [1.82, 2.24) is 0 Å². The Kier molecular flexibility index (Phi) is 10.8. The zero-order chi connectivity index (χ0) is 14.7. The maximum absolute atomic E-state index is 3.61. The molecule has 2 aliphatic rings. The van der Waals surface area contributed by atoms with E-state index in [9.17, 15) is 0 Å². The normalized spacial score (nSPS) is 12.3. The fourth-order valence-corrected chi connectivity index (χ4v) is 2.89. The van der Waals surface area contributed by atoms with Crippen molar-refractivity contribution < 1.29 is 51.0 Å². The van der Waals surface area contributed by atoms with Crippen molar-refractivity contribution in [2.45, 2.75) is 26.7 Å². The average molecular weight is 435 g/mol. The number of hydrogen-bond acceptors (Lipinski definition) is 0. The van der Waals surface area contributed by atoms with Crippen LogP contribution in [0.2, 0.25) is 0 Å². The van der Waals surface area contributed by atoms with Gasteiger partial charge in [0.05, 0.1) is 0 Å². The van der Waals surface area contributed by atoms with Crippen molar-refractivity contribution in [2.24, 2.45) is 0 Å². The Morgan fingerprint density at radius 1 is 0.958 bits per heavy atom. The Hall–Kier alpha value is -0.617. The van der Waals surface area contributed by atoms with Gasteiger partial charge in [0.2, 0.25) is 0 Å². The van der Waals surface area contributed by atoms with Gasteiger partial charge in [0.15, 0.2) is 0 Å². The minimum absolute atomic E-state index is 0. The second kappa shape index (κ2) is 11.1. The van der Waals surface area contributed by atoms with Crippen molar-refractivity contribution >= 4 is 5.57 Å². The molecule has 0 N–H and O–H groups in total. The number of benzene rings is 2. The molecule has 0 saturated carbocycles. The summed E-state index contributed by atoms with van der Waals surface area (Å²) in [6.07, 6.45) is 10.6. The molecule has 0 amide bonds. The molecule has 2 aromatic rings. The zero-order valence-corrected chi connectivity index (χ0v) is 17.9. The molecule has 0 heterocycles. The maximum Gasteiger partial charge on any atom is 4.00 e. The Labute approximate surface area is 177 Å². The van der Waals surface area contributed by atoms with Crippen LogP contribution < -0.4 is 24.8 Å². The van der Waals surface area contributed by atoms with E-state index in [-0.39, 0.29) is 51.0 Å². The van der Waals surface area contributed by atoms with Crippen LogP contribution in [-0.4, -0.2) is 0 Å². The van der Waals surface area contributed by atoms with Gasteiger partial charge in [-0.2, -0.15) is 13.8 Å². The largest absolute Gasteiger partial charge is 4.00 e. The Balaban J connectivity index is 0.000000827. The van der Waals surface area contributed by atoms with E-state index in [4.69, 9.17) is 0 Å². The van der Waals surface area contributed by atoms with E-state index in [0.29, 0.717) is 0 Å². The van der Waals surface area contributed by atoms with E-state index >= 15 is 0 Å². The third-order valence-electron chi connectivity index (χ3n) is 3.82. The first kappa shape index (κ1) is 23.4. The van der Waals surface area contributed by atoms with Gasteiger partial charge in [0.1, 0.15) is 0 Å². The monoisotopic (exact) mass is 432 g/mol. The van der Waals surface area contributed by atoms with E-state index in [0.717, 1.165) is 12.8 Å². The summed E-state index contributed by atoms with van der Waals surface area (Å²) in [5, 5.41) is 0. The molecule has 0 spiro atoms. The zero-order valence-electron chi connectivity index (χ0n) is 13.9. The van der Waals surface area contributed by atoms with Crippen LogP contribution >= 0.6 is 0 Å². The maximum atomic E-state index is 3.61. The Morgan fingerprint density at radius 3 is 2.33 bits per heavy atom. The minimum atomic E-state index is 0. The molecule has 4 rings (SSSR count). The Bertz CT molecular complexity index is 718. The van der Waals surface area contributed by atoms with Crippen LogP contribution in [0, 0.1) is 12.5 Å². The number of allylic oxidation sites excluding steroid dienone is 4. The number of hydrogen-bond donors (Lipinski definition) is 0. The molecule has 122 valence electrons. The van der Waals surface area contributed by atoms with Gasteiger partial charge in [-0.05, 0) is 18.4 Å². The van der Waals surface area contributed by atoms with Gasteiger partial charge < -0.3 is 31.2 Å². The van der Waals surface area contributed by atoms with Gasteiger partial charge in [0, 0.05) is 0 Å². The van der Waals surface area contributed by atoms with E-state index in [1.807, 2.05) is 20.3 Å². The molecule has 0 saturated heterocycles. The van der Waals surface area contributed by atoms with Crippen LogP contribution in [0.25, 0.3) is 16.7 Å². The molecule has 0 radical (unpaired) electrons. The topological polar surface area (TPSA) is 0 Å². The van der Waals surface area contributed by atoms with Gasteiger partial charge in [-0.15, -0.1) is 41.0 Å². The Morgan fingerprint density at radius 2 is 1.67 bits per heavy atom. The predicted octanol–water partition coefficient (Wildman–Crippen LogP) is -0.363. The summed E-state index contributed by atoms with van der Waals surface area (Å²) in [5.74, 6) is 0. The van der Waals surface area contributed by atoms with Gasteiger partial charge >= 0.3 is 26.2 Å². The molecule has 0 fully saturated rings. The quantitative estimate of drug-likeness (QED) is 0.459. The molecule has 0 aliphatic heterocycles. The minimum Gasteiger partial charge on any atom is -1.00 e.